The van der Waals surface area contributed by atoms with Crippen molar-refractivity contribution in [3.05, 3.63) is 0 Å². The molecule has 9 N–H and O–H groups in total. The van der Waals surface area contributed by atoms with Gasteiger partial charge in [-0.1, -0.05) is 0 Å². The van der Waals surface area contributed by atoms with Crippen LogP contribution in [0, 0.1) is 0 Å². The van der Waals surface area contributed by atoms with Crippen LogP contribution in [-0.2, 0) is 33.2 Å². The van der Waals surface area contributed by atoms with E-state index in [-0.39, 0.29) is 13.0 Å². The zero-order chi connectivity index (χ0) is 26.1. The van der Waals surface area contributed by atoms with Crippen LogP contribution < -0.4 is 5.32 Å². The summed E-state index contributed by atoms with van der Waals surface area (Å²) >= 11 is 0. The Labute approximate surface area is 204 Å². The normalized spacial score (nSPS) is 49.2. The monoisotopic (exact) mass is 527 g/mol. The third-order valence-electron chi connectivity index (χ3n) is 6.75. The lowest BCUT2D eigenvalue weighted by Gasteiger charge is -2.30. The van der Waals surface area contributed by atoms with Gasteiger partial charge in [-0.05, 0) is 0 Å². The van der Waals surface area contributed by atoms with Crippen LogP contribution in [0.15, 0.2) is 0 Å². The second-order valence-electron chi connectivity index (χ2n) is 9.13. The molecule has 4 rings (SSSR count). The van der Waals surface area contributed by atoms with Crippen LogP contribution in [0.3, 0.4) is 0 Å². The molecule has 16 heteroatoms. The molecule has 0 aromatic carbocycles. The first-order valence-corrected chi connectivity index (χ1v) is 11.6. The molecule has 0 bridgehead atoms. The van der Waals surface area contributed by atoms with Gasteiger partial charge in [0.25, 0.3) is 0 Å². The first-order chi connectivity index (χ1) is 17.2. The predicted octanol–water partition coefficient (Wildman–Crippen LogP) is -5.82. The summed E-state index contributed by atoms with van der Waals surface area (Å²) in [4.78, 5) is 11.2. The number of nitrogens with one attached hydrogen (secondary N) is 1. The third-order valence-corrected chi connectivity index (χ3v) is 6.75. The van der Waals surface area contributed by atoms with E-state index in [4.69, 9.17) is 33.5 Å². The molecule has 0 aliphatic carbocycles. The highest BCUT2D eigenvalue weighted by Crippen LogP contribution is 2.34. The topological polar surface area (TPSA) is 246 Å². The number of aliphatic carboxylic acids is 1. The highest BCUT2D eigenvalue weighted by Gasteiger charge is 2.54. The Kier molecular flexibility index (Phi) is 9.12. The molecule has 0 aromatic heterocycles. The minimum atomic E-state index is -1.57. The number of carbonyl (C=O) groups is 1. The van der Waals surface area contributed by atoms with Crippen LogP contribution in [0.1, 0.15) is 6.42 Å². The standard InChI is InChI=1S/C20H33NO15/c22-3-8-11(25)14(28)18(32-8)35-16-13(27)10(5-24)34-20(16)36-15-12(26)9(4-23)33-19(15)31-6-1-7(17(29)30)21-2-6/h6-16,18-28H,1-5H2,(H,29,30)/t6-,7+,8+,9+,10+,11+,12+,13+,14-,15-,16-,18-,19+,20-/m1/s1. The van der Waals surface area contributed by atoms with Crippen molar-refractivity contribution in [3.63, 3.8) is 0 Å². The maximum atomic E-state index is 11.2. The molecular formula is C20H33NO15. The molecule has 4 saturated heterocycles. The first kappa shape index (κ1) is 27.9. The molecule has 4 aliphatic rings. The molecule has 4 aliphatic heterocycles. The summed E-state index contributed by atoms with van der Waals surface area (Å²) in [5, 5.41) is 81.8. The van der Waals surface area contributed by atoms with Crippen molar-refractivity contribution in [3.8, 4) is 0 Å². The zero-order valence-electron chi connectivity index (χ0n) is 19.1. The van der Waals surface area contributed by atoms with Gasteiger partial charge in [0.1, 0.15) is 61.0 Å². The Hall–Kier alpha value is -1.09. The van der Waals surface area contributed by atoms with Gasteiger partial charge in [-0.2, -0.15) is 0 Å². The molecular weight excluding hydrogens is 494 g/mol. The Balaban J connectivity index is 1.46. The predicted molar refractivity (Wildman–Crippen MR) is 110 cm³/mol. The van der Waals surface area contributed by atoms with Crippen LogP contribution in [0.25, 0.3) is 0 Å². The zero-order valence-corrected chi connectivity index (χ0v) is 19.1. The fraction of sp³-hybridized carbons (Fsp3) is 0.950. The second kappa shape index (κ2) is 11.7. The van der Waals surface area contributed by atoms with Crippen molar-refractivity contribution >= 4 is 5.97 Å². The Morgan fingerprint density at radius 2 is 1.19 bits per heavy atom. The van der Waals surface area contributed by atoms with Gasteiger partial charge in [0.2, 0.25) is 0 Å². The van der Waals surface area contributed by atoms with Crippen LogP contribution in [0.4, 0.5) is 0 Å². The molecule has 208 valence electrons. The summed E-state index contributed by atoms with van der Waals surface area (Å²) in [5.41, 5.74) is 0. The van der Waals surface area contributed by atoms with Crippen molar-refractivity contribution in [2.45, 2.75) is 92.4 Å². The molecule has 4 fully saturated rings. The van der Waals surface area contributed by atoms with Gasteiger partial charge in [-0.3, -0.25) is 4.79 Å². The largest absolute Gasteiger partial charge is 0.480 e. The maximum absolute atomic E-state index is 11.2. The van der Waals surface area contributed by atoms with Gasteiger partial charge < -0.3 is 74.6 Å². The summed E-state index contributed by atoms with van der Waals surface area (Å²) in [6.07, 6.45) is -16.8. The average molecular weight is 527 g/mol. The van der Waals surface area contributed by atoms with E-state index in [9.17, 15) is 40.5 Å². The fourth-order valence-electron chi connectivity index (χ4n) is 4.69. The smallest absolute Gasteiger partial charge is 0.320 e. The summed E-state index contributed by atoms with van der Waals surface area (Å²) in [6, 6.07) is -0.832. The highest BCUT2D eigenvalue weighted by atomic mass is 16.8. The molecule has 0 amide bonds. The maximum Gasteiger partial charge on any atom is 0.320 e. The number of hydrogen-bond donors (Lipinski definition) is 9. The number of aliphatic hydroxyl groups is 7. The summed E-state index contributed by atoms with van der Waals surface area (Å²) in [7, 11) is 0. The van der Waals surface area contributed by atoms with E-state index < -0.39 is 112 Å². The van der Waals surface area contributed by atoms with E-state index in [0.29, 0.717) is 0 Å². The number of aliphatic hydroxyl groups excluding tert-OH is 7. The van der Waals surface area contributed by atoms with Crippen LogP contribution in [0.5, 0.6) is 0 Å². The van der Waals surface area contributed by atoms with Crippen molar-refractivity contribution in [2.24, 2.45) is 0 Å². The number of hydrogen-bond acceptors (Lipinski definition) is 15. The number of carboxylic acid groups (broad SMARTS) is 1. The Bertz CT molecular complexity index is 746. The van der Waals surface area contributed by atoms with Gasteiger partial charge in [0.05, 0.1) is 25.9 Å². The van der Waals surface area contributed by atoms with Crippen molar-refractivity contribution < 1.29 is 74.1 Å². The van der Waals surface area contributed by atoms with Gasteiger partial charge >= 0.3 is 5.97 Å². The third kappa shape index (κ3) is 5.52. The molecule has 0 radical (unpaired) electrons. The van der Waals surface area contributed by atoms with E-state index in [1.807, 2.05) is 0 Å². The Morgan fingerprint density at radius 3 is 1.67 bits per heavy atom. The number of ether oxygens (including phenoxy) is 6. The first-order valence-electron chi connectivity index (χ1n) is 11.6. The lowest BCUT2D eigenvalue weighted by Crippen LogP contribution is -2.47. The lowest BCUT2D eigenvalue weighted by atomic mass is 10.1. The van der Waals surface area contributed by atoms with E-state index in [0.717, 1.165) is 0 Å². The minimum Gasteiger partial charge on any atom is -0.480 e. The molecule has 16 nitrogen and oxygen atoms in total. The van der Waals surface area contributed by atoms with E-state index >= 15 is 0 Å². The average Bonchev–Trinajstić information content (AvgIpc) is 3.59. The molecule has 0 aromatic rings. The molecule has 4 heterocycles. The van der Waals surface area contributed by atoms with Crippen molar-refractivity contribution in [2.75, 3.05) is 26.4 Å². The van der Waals surface area contributed by atoms with Crippen molar-refractivity contribution in [1.82, 2.24) is 5.32 Å². The summed E-state index contributed by atoms with van der Waals surface area (Å²) < 4.78 is 33.6. The quantitative estimate of drug-likeness (QED) is 0.128. The summed E-state index contributed by atoms with van der Waals surface area (Å²) in [5.74, 6) is -1.05. The molecule has 0 spiro atoms. The number of carboxylic acids is 1. The second-order valence-corrected chi connectivity index (χ2v) is 9.13. The highest BCUT2D eigenvalue weighted by molar-refractivity contribution is 5.73. The van der Waals surface area contributed by atoms with Gasteiger partial charge in [0, 0.05) is 13.0 Å². The van der Waals surface area contributed by atoms with E-state index in [1.54, 1.807) is 0 Å². The van der Waals surface area contributed by atoms with E-state index in [2.05, 4.69) is 5.32 Å². The summed E-state index contributed by atoms with van der Waals surface area (Å²) in [6.45, 7) is -1.64. The SMILES string of the molecule is O=C(O)[C@@H]1C[C@@H](O[C@H]2O[C@@H](CO)[C@H](O)[C@H]2O[C@H]2O[C@@H](CO)[C@H](O)[C@H]2O[C@H]2O[C@@H](CO)[C@H](O)[C@H]2O)CN1. The van der Waals surface area contributed by atoms with E-state index in [1.165, 1.54) is 0 Å². The van der Waals surface area contributed by atoms with Gasteiger partial charge in [-0.25, -0.2) is 0 Å². The molecule has 36 heavy (non-hydrogen) atoms. The number of rotatable bonds is 10. The van der Waals surface area contributed by atoms with Crippen molar-refractivity contribution in [1.29, 1.82) is 0 Å². The lowest BCUT2D eigenvalue weighted by molar-refractivity contribution is -0.280. The van der Waals surface area contributed by atoms with Crippen LogP contribution in [0.2, 0.25) is 0 Å². The molecule has 0 saturated carbocycles. The van der Waals surface area contributed by atoms with Crippen LogP contribution >= 0.6 is 0 Å². The molecule has 0 unspecified atom stereocenters. The Morgan fingerprint density at radius 1 is 0.722 bits per heavy atom. The van der Waals surface area contributed by atoms with Gasteiger partial charge in [0.15, 0.2) is 18.9 Å². The fourth-order valence-corrected chi connectivity index (χ4v) is 4.69. The molecule has 14 atom stereocenters. The minimum absolute atomic E-state index is 0.115. The van der Waals surface area contributed by atoms with Crippen LogP contribution in [-0.4, -0.2) is 159 Å². The van der Waals surface area contributed by atoms with Gasteiger partial charge in [-0.15, -0.1) is 0 Å².